The van der Waals surface area contributed by atoms with Gasteiger partial charge in [0, 0.05) is 14.2 Å². The SMILES string of the molecule is CO[C@H]1[C@@H](OC(=O)c2ccccc2)COC[C@H]1OC. The number of rotatable bonds is 4. The van der Waals surface area contributed by atoms with Crippen molar-refractivity contribution >= 4 is 5.97 Å². The van der Waals surface area contributed by atoms with E-state index in [0.717, 1.165) is 0 Å². The van der Waals surface area contributed by atoms with E-state index in [1.807, 2.05) is 6.07 Å². The maximum absolute atomic E-state index is 12.0. The van der Waals surface area contributed by atoms with Crippen LogP contribution in [0.2, 0.25) is 0 Å². The number of esters is 1. The molecule has 19 heavy (non-hydrogen) atoms. The molecule has 0 N–H and O–H groups in total. The Morgan fingerprint density at radius 3 is 2.42 bits per heavy atom. The Morgan fingerprint density at radius 2 is 1.79 bits per heavy atom. The lowest BCUT2D eigenvalue weighted by atomic mass is 10.1. The molecule has 1 heterocycles. The predicted octanol–water partition coefficient (Wildman–Crippen LogP) is 1.27. The smallest absolute Gasteiger partial charge is 0.338 e. The van der Waals surface area contributed by atoms with Crippen molar-refractivity contribution in [2.45, 2.75) is 18.3 Å². The van der Waals surface area contributed by atoms with Crippen LogP contribution >= 0.6 is 0 Å². The number of hydrogen-bond donors (Lipinski definition) is 0. The molecule has 104 valence electrons. The van der Waals surface area contributed by atoms with Crippen LogP contribution in [0.1, 0.15) is 10.4 Å². The van der Waals surface area contributed by atoms with Crippen molar-refractivity contribution in [3.8, 4) is 0 Å². The summed E-state index contributed by atoms with van der Waals surface area (Å²) in [7, 11) is 3.16. The molecule has 0 aromatic heterocycles. The topological polar surface area (TPSA) is 54.0 Å². The molecule has 1 saturated heterocycles. The Hall–Kier alpha value is -1.43. The highest BCUT2D eigenvalue weighted by Gasteiger charge is 2.37. The third-order valence-electron chi connectivity index (χ3n) is 3.14. The molecule has 1 fully saturated rings. The van der Waals surface area contributed by atoms with Gasteiger partial charge in [0.05, 0.1) is 18.8 Å². The Morgan fingerprint density at radius 1 is 1.11 bits per heavy atom. The number of carbonyl (C=O) groups excluding carboxylic acids is 1. The second-order valence-corrected chi connectivity index (χ2v) is 4.32. The molecule has 1 aliphatic heterocycles. The molecule has 0 saturated carbocycles. The fourth-order valence-electron chi connectivity index (χ4n) is 2.12. The summed E-state index contributed by atoms with van der Waals surface area (Å²) in [6.45, 7) is 0.755. The van der Waals surface area contributed by atoms with Crippen LogP contribution in [0.4, 0.5) is 0 Å². The van der Waals surface area contributed by atoms with Crippen LogP contribution in [0.25, 0.3) is 0 Å². The minimum absolute atomic E-state index is 0.229. The van der Waals surface area contributed by atoms with Crippen LogP contribution in [-0.4, -0.2) is 51.7 Å². The van der Waals surface area contributed by atoms with Gasteiger partial charge in [0.1, 0.15) is 12.2 Å². The van der Waals surface area contributed by atoms with Crippen LogP contribution in [-0.2, 0) is 18.9 Å². The Balaban J connectivity index is 2.03. The molecular weight excluding hydrogens is 248 g/mol. The summed E-state index contributed by atoms with van der Waals surface area (Å²) < 4.78 is 21.4. The molecule has 5 nitrogen and oxygen atoms in total. The van der Waals surface area contributed by atoms with Gasteiger partial charge >= 0.3 is 5.97 Å². The lowest BCUT2D eigenvalue weighted by molar-refractivity contribution is -0.173. The Kier molecular flexibility index (Phi) is 4.90. The number of ether oxygens (including phenoxy) is 4. The monoisotopic (exact) mass is 266 g/mol. The normalized spacial score (nSPS) is 26.9. The molecule has 0 amide bonds. The minimum Gasteiger partial charge on any atom is -0.453 e. The molecule has 2 rings (SSSR count). The van der Waals surface area contributed by atoms with Crippen LogP contribution in [0.3, 0.4) is 0 Å². The van der Waals surface area contributed by atoms with Gasteiger partial charge < -0.3 is 18.9 Å². The fourth-order valence-corrected chi connectivity index (χ4v) is 2.12. The summed E-state index contributed by atoms with van der Waals surface area (Å²) in [5.41, 5.74) is 0.511. The lowest BCUT2D eigenvalue weighted by Crippen LogP contribution is -2.51. The van der Waals surface area contributed by atoms with E-state index in [1.54, 1.807) is 38.5 Å². The molecule has 0 radical (unpaired) electrons. The van der Waals surface area contributed by atoms with E-state index >= 15 is 0 Å². The second kappa shape index (κ2) is 6.65. The van der Waals surface area contributed by atoms with Gasteiger partial charge in [0.25, 0.3) is 0 Å². The number of carbonyl (C=O) groups is 1. The maximum atomic E-state index is 12.0. The van der Waals surface area contributed by atoms with Gasteiger partial charge in [-0.15, -0.1) is 0 Å². The van der Waals surface area contributed by atoms with E-state index in [-0.39, 0.29) is 18.2 Å². The largest absolute Gasteiger partial charge is 0.453 e. The maximum Gasteiger partial charge on any atom is 0.338 e. The van der Waals surface area contributed by atoms with Crippen molar-refractivity contribution in [2.24, 2.45) is 0 Å². The molecular formula is C14H18O5. The average Bonchev–Trinajstić information content (AvgIpc) is 2.47. The van der Waals surface area contributed by atoms with Crippen molar-refractivity contribution in [1.29, 1.82) is 0 Å². The predicted molar refractivity (Wildman–Crippen MR) is 68.1 cm³/mol. The molecule has 1 aromatic rings. The van der Waals surface area contributed by atoms with E-state index < -0.39 is 6.10 Å². The van der Waals surface area contributed by atoms with Gasteiger partial charge in [-0.2, -0.15) is 0 Å². The number of methoxy groups -OCH3 is 2. The fraction of sp³-hybridized carbons (Fsp3) is 0.500. The summed E-state index contributed by atoms with van der Waals surface area (Å²) in [6.07, 6.45) is -1.00. The van der Waals surface area contributed by atoms with Crippen molar-refractivity contribution in [1.82, 2.24) is 0 Å². The van der Waals surface area contributed by atoms with Crippen molar-refractivity contribution in [3.63, 3.8) is 0 Å². The van der Waals surface area contributed by atoms with Crippen LogP contribution in [0.5, 0.6) is 0 Å². The van der Waals surface area contributed by atoms with Crippen LogP contribution in [0.15, 0.2) is 30.3 Å². The van der Waals surface area contributed by atoms with Crippen molar-refractivity contribution < 1.29 is 23.7 Å². The van der Waals surface area contributed by atoms with Gasteiger partial charge in [-0.25, -0.2) is 4.79 Å². The Bertz CT molecular complexity index is 406. The average molecular weight is 266 g/mol. The number of benzene rings is 1. The molecule has 1 aromatic carbocycles. The van der Waals surface area contributed by atoms with Gasteiger partial charge in [-0.05, 0) is 12.1 Å². The van der Waals surface area contributed by atoms with Gasteiger partial charge in [-0.3, -0.25) is 0 Å². The van der Waals surface area contributed by atoms with E-state index in [9.17, 15) is 4.79 Å². The summed E-state index contributed by atoms with van der Waals surface area (Å²) in [5.74, 6) is -0.381. The summed E-state index contributed by atoms with van der Waals surface area (Å²) >= 11 is 0. The molecule has 0 aliphatic carbocycles. The van der Waals surface area contributed by atoms with E-state index in [4.69, 9.17) is 18.9 Å². The summed E-state index contributed by atoms with van der Waals surface area (Å²) in [4.78, 5) is 12.0. The first-order chi connectivity index (χ1) is 9.26. The summed E-state index contributed by atoms with van der Waals surface area (Å²) in [5, 5.41) is 0. The standard InChI is InChI=1S/C14H18O5/c1-16-11-8-18-9-12(13(11)17-2)19-14(15)10-6-4-3-5-7-10/h3-7,11-13H,8-9H2,1-2H3/t11-,12+,13-/m1/s1. The third kappa shape index (κ3) is 3.32. The van der Waals surface area contributed by atoms with E-state index in [1.165, 1.54) is 0 Å². The molecule has 0 unspecified atom stereocenters. The first kappa shape index (κ1) is 14.0. The zero-order chi connectivity index (χ0) is 13.7. The molecule has 3 atom stereocenters. The quantitative estimate of drug-likeness (QED) is 0.768. The van der Waals surface area contributed by atoms with Crippen LogP contribution < -0.4 is 0 Å². The zero-order valence-electron chi connectivity index (χ0n) is 11.1. The van der Waals surface area contributed by atoms with Crippen molar-refractivity contribution in [2.75, 3.05) is 27.4 Å². The first-order valence-electron chi connectivity index (χ1n) is 6.15. The highest BCUT2D eigenvalue weighted by molar-refractivity contribution is 5.89. The van der Waals surface area contributed by atoms with Gasteiger partial charge in [-0.1, -0.05) is 18.2 Å². The lowest BCUT2D eigenvalue weighted by Gasteiger charge is -2.35. The highest BCUT2D eigenvalue weighted by atomic mass is 16.6. The molecule has 0 bridgehead atoms. The first-order valence-corrected chi connectivity index (χ1v) is 6.15. The second-order valence-electron chi connectivity index (χ2n) is 4.32. The van der Waals surface area contributed by atoms with E-state index in [0.29, 0.717) is 18.8 Å². The van der Waals surface area contributed by atoms with E-state index in [2.05, 4.69) is 0 Å². The Labute approximate surface area is 112 Å². The third-order valence-corrected chi connectivity index (χ3v) is 3.14. The highest BCUT2D eigenvalue weighted by Crippen LogP contribution is 2.18. The van der Waals surface area contributed by atoms with Crippen LogP contribution in [0, 0.1) is 0 Å². The molecule has 0 spiro atoms. The molecule has 1 aliphatic rings. The zero-order valence-corrected chi connectivity index (χ0v) is 11.1. The van der Waals surface area contributed by atoms with Crippen molar-refractivity contribution in [3.05, 3.63) is 35.9 Å². The summed E-state index contributed by atoms with van der Waals surface area (Å²) in [6, 6.07) is 8.85. The number of hydrogen-bond acceptors (Lipinski definition) is 5. The molecule has 5 heteroatoms. The van der Waals surface area contributed by atoms with Gasteiger partial charge in [0.2, 0.25) is 0 Å². The van der Waals surface area contributed by atoms with Gasteiger partial charge in [0.15, 0.2) is 6.10 Å². The minimum atomic E-state index is -0.462.